The number of hydrogen-bond donors (Lipinski definition) is 1. The minimum absolute atomic E-state index is 0.0988. The molecule has 192 valence electrons. The number of sulfonamides is 1. The van der Waals surface area contributed by atoms with Crippen molar-refractivity contribution in [1.82, 2.24) is 19.7 Å². The lowest BCUT2D eigenvalue weighted by molar-refractivity contribution is -0.134. The van der Waals surface area contributed by atoms with E-state index >= 15 is 0 Å². The van der Waals surface area contributed by atoms with E-state index in [1.165, 1.54) is 11.8 Å². The van der Waals surface area contributed by atoms with E-state index in [1.807, 2.05) is 33.7 Å². The van der Waals surface area contributed by atoms with Gasteiger partial charge in [-0.1, -0.05) is 11.8 Å². The van der Waals surface area contributed by atoms with Crippen LogP contribution in [0, 0.1) is 0 Å². The van der Waals surface area contributed by atoms with Crippen LogP contribution in [0.1, 0.15) is 33.1 Å². The zero-order valence-corrected chi connectivity index (χ0v) is 22.5. The summed E-state index contributed by atoms with van der Waals surface area (Å²) in [6, 6.07) is 14.9. The maximum absolute atomic E-state index is 13.1. The van der Waals surface area contributed by atoms with Gasteiger partial charge >= 0.3 is 0 Å². The molecule has 0 aliphatic carbocycles. The van der Waals surface area contributed by atoms with Crippen molar-refractivity contribution in [1.29, 1.82) is 0 Å². The van der Waals surface area contributed by atoms with Crippen LogP contribution >= 0.6 is 11.8 Å². The summed E-state index contributed by atoms with van der Waals surface area (Å²) in [6.45, 7) is 4.22. The van der Waals surface area contributed by atoms with Crippen molar-refractivity contribution >= 4 is 33.4 Å². The Morgan fingerprint density at radius 3 is 2.28 bits per heavy atom. The van der Waals surface area contributed by atoms with Gasteiger partial charge in [0.15, 0.2) is 11.0 Å². The van der Waals surface area contributed by atoms with Crippen molar-refractivity contribution in [2.24, 2.45) is 0 Å². The number of methoxy groups -OCH3 is 1. The van der Waals surface area contributed by atoms with Gasteiger partial charge in [-0.25, -0.2) is 8.42 Å². The molecule has 1 amide bonds. The number of aromatic nitrogens is 3. The molecule has 2 heterocycles. The van der Waals surface area contributed by atoms with Crippen molar-refractivity contribution in [3.05, 3.63) is 48.5 Å². The van der Waals surface area contributed by atoms with E-state index in [-0.39, 0.29) is 23.7 Å². The lowest BCUT2D eigenvalue weighted by atomic mass is 9.98. The normalized spacial score (nSPS) is 18.2. The van der Waals surface area contributed by atoms with Crippen molar-refractivity contribution in [2.75, 3.05) is 23.8 Å². The minimum Gasteiger partial charge on any atom is -0.497 e. The van der Waals surface area contributed by atoms with E-state index in [0.29, 0.717) is 16.7 Å². The van der Waals surface area contributed by atoms with Crippen molar-refractivity contribution in [3.8, 4) is 22.8 Å². The van der Waals surface area contributed by atoms with Gasteiger partial charge in [-0.15, -0.1) is 10.2 Å². The third-order valence-corrected chi connectivity index (χ3v) is 7.74. The first kappa shape index (κ1) is 26.0. The third-order valence-electron chi connectivity index (χ3n) is 6.22. The van der Waals surface area contributed by atoms with Gasteiger partial charge in [0.25, 0.3) is 0 Å². The van der Waals surface area contributed by atoms with E-state index in [1.54, 1.807) is 31.4 Å². The first-order chi connectivity index (χ1) is 17.2. The van der Waals surface area contributed by atoms with Crippen LogP contribution in [0.15, 0.2) is 53.7 Å². The van der Waals surface area contributed by atoms with Gasteiger partial charge in [0, 0.05) is 29.0 Å². The average Bonchev–Trinajstić information content (AvgIpc) is 3.26. The van der Waals surface area contributed by atoms with Crippen molar-refractivity contribution in [2.45, 2.75) is 50.4 Å². The van der Waals surface area contributed by atoms with Crippen molar-refractivity contribution < 1.29 is 17.9 Å². The summed E-state index contributed by atoms with van der Waals surface area (Å²) in [4.78, 5) is 15.1. The minimum atomic E-state index is -3.38. The van der Waals surface area contributed by atoms with Crippen LogP contribution in [0.2, 0.25) is 0 Å². The van der Waals surface area contributed by atoms with Crippen LogP contribution < -0.4 is 9.46 Å². The summed E-state index contributed by atoms with van der Waals surface area (Å²) in [5.74, 6) is 1.67. The van der Waals surface area contributed by atoms with Gasteiger partial charge in [-0.3, -0.25) is 14.1 Å². The van der Waals surface area contributed by atoms with Crippen LogP contribution in [0.3, 0.4) is 0 Å². The Hall–Kier alpha value is -3.05. The molecule has 1 aromatic heterocycles. The molecule has 11 heteroatoms. The number of carbonyl (C=O) groups is 1. The number of thioether (sulfide) groups is 1. The first-order valence-corrected chi connectivity index (χ1v) is 14.7. The third kappa shape index (κ3) is 6.01. The van der Waals surface area contributed by atoms with Gasteiger partial charge in [0.1, 0.15) is 5.75 Å². The van der Waals surface area contributed by atoms with Gasteiger partial charge in [0.2, 0.25) is 15.9 Å². The van der Waals surface area contributed by atoms with E-state index in [9.17, 15) is 13.2 Å². The second kappa shape index (κ2) is 10.9. The predicted molar refractivity (Wildman–Crippen MR) is 142 cm³/mol. The number of nitrogens with zero attached hydrogens (tertiary/aromatic N) is 4. The van der Waals surface area contributed by atoms with E-state index in [0.717, 1.165) is 42.5 Å². The number of anilines is 1. The second-order valence-corrected chi connectivity index (χ2v) is 11.7. The molecule has 0 saturated carbocycles. The number of hydrogen-bond acceptors (Lipinski definition) is 7. The Morgan fingerprint density at radius 1 is 1.06 bits per heavy atom. The maximum atomic E-state index is 13.1. The lowest BCUT2D eigenvalue weighted by Gasteiger charge is -2.39. The smallest absolute Gasteiger partial charge is 0.233 e. The first-order valence-electron chi connectivity index (χ1n) is 11.8. The summed E-state index contributed by atoms with van der Waals surface area (Å²) in [5.41, 5.74) is 2.04. The predicted octanol–water partition coefficient (Wildman–Crippen LogP) is 4.20. The number of likely N-dealkylation sites (tertiary alicyclic amines) is 1. The largest absolute Gasteiger partial charge is 0.497 e. The number of benzene rings is 2. The number of piperidine rings is 1. The molecule has 0 radical (unpaired) electrons. The molecule has 0 spiro atoms. The van der Waals surface area contributed by atoms with Crippen LogP contribution in [0.4, 0.5) is 5.69 Å². The van der Waals surface area contributed by atoms with E-state index in [4.69, 9.17) is 4.74 Å². The van der Waals surface area contributed by atoms with E-state index in [2.05, 4.69) is 28.8 Å². The van der Waals surface area contributed by atoms with Gasteiger partial charge < -0.3 is 9.64 Å². The summed E-state index contributed by atoms with van der Waals surface area (Å²) in [5, 5.41) is 9.43. The molecule has 0 bridgehead atoms. The summed E-state index contributed by atoms with van der Waals surface area (Å²) >= 11 is 1.36. The van der Waals surface area contributed by atoms with Crippen molar-refractivity contribution in [3.63, 3.8) is 0 Å². The van der Waals surface area contributed by atoms with E-state index < -0.39 is 10.0 Å². The number of ether oxygens (including phenoxy) is 1. The Balaban J connectivity index is 1.64. The molecular formula is C25H31N5O4S2. The number of amides is 1. The Labute approximate surface area is 216 Å². The molecule has 2 aromatic carbocycles. The zero-order chi connectivity index (χ0) is 25.9. The maximum Gasteiger partial charge on any atom is 0.233 e. The second-order valence-electron chi connectivity index (χ2n) is 9.01. The highest BCUT2D eigenvalue weighted by Gasteiger charge is 2.29. The molecule has 4 rings (SSSR count). The molecule has 9 nitrogen and oxygen atoms in total. The summed E-state index contributed by atoms with van der Waals surface area (Å²) < 4.78 is 32.8. The van der Waals surface area contributed by atoms with Crippen LogP contribution in [-0.4, -0.2) is 65.2 Å². The molecule has 3 aromatic rings. The Morgan fingerprint density at radius 2 is 1.69 bits per heavy atom. The highest BCUT2D eigenvalue weighted by Crippen LogP contribution is 2.31. The van der Waals surface area contributed by atoms with Gasteiger partial charge in [-0.05, 0) is 81.6 Å². The monoisotopic (exact) mass is 529 g/mol. The lowest BCUT2D eigenvalue weighted by Crippen LogP contribution is -2.48. The number of nitrogens with one attached hydrogen (secondary N) is 1. The Bertz CT molecular complexity index is 1300. The van der Waals surface area contributed by atoms with Crippen LogP contribution in [0.25, 0.3) is 17.1 Å². The quantitative estimate of drug-likeness (QED) is 0.436. The number of rotatable bonds is 8. The molecule has 1 fully saturated rings. The van der Waals surface area contributed by atoms with Gasteiger partial charge in [-0.2, -0.15) is 0 Å². The summed E-state index contributed by atoms with van der Waals surface area (Å²) in [6.07, 6.45) is 4.30. The molecule has 1 N–H and O–H groups in total. The Kier molecular flexibility index (Phi) is 7.89. The highest BCUT2D eigenvalue weighted by atomic mass is 32.2. The molecule has 1 saturated heterocycles. The number of carbonyl (C=O) groups excluding carboxylic acids is 1. The SMILES string of the molecule is COc1ccc(-n2c(SCC(=O)N3C(C)CCCC3C)nnc2-c2ccc(NS(C)(=O)=O)cc2)cc1. The molecule has 36 heavy (non-hydrogen) atoms. The molecular weight excluding hydrogens is 498 g/mol. The summed E-state index contributed by atoms with van der Waals surface area (Å²) in [7, 11) is -1.76. The molecule has 2 atom stereocenters. The fourth-order valence-corrected chi connectivity index (χ4v) is 5.91. The molecule has 1 aliphatic rings. The topological polar surface area (TPSA) is 106 Å². The standard InChI is InChI=1S/C25H31N5O4S2/c1-17-6-5-7-18(2)29(17)23(31)16-35-25-27-26-24(30(25)21-12-14-22(34-3)15-13-21)19-8-10-20(11-9-19)28-36(4,32)33/h8-15,17-18,28H,5-7,16H2,1-4H3. The van der Waals surface area contributed by atoms with Gasteiger partial charge in [0.05, 0.1) is 19.1 Å². The highest BCUT2D eigenvalue weighted by molar-refractivity contribution is 7.99. The molecule has 1 aliphatic heterocycles. The van der Waals surface area contributed by atoms with Crippen LogP contribution in [0.5, 0.6) is 5.75 Å². The van der Waals surface area contributed by atoms with Crippen LogP contribution in [-0.2, 0) is 14.8 Å². The fraction of sp³-hybridized carbons (Fsp3) is 0.400. The average molecular weight is 530 g/mol. The molecule has 2 unspecified atom stereocenters. The fourth-order valence-electron chi connectivity index (χ4n) is 4.53. The zero-order valence-electron chi connectivity index (χ0n) is 20.8.